The molecule has 2 rings (SSSR count). The molecule has 0 aromatic heterocycles. The van der Waals surface area contributed by atoms with Crippen molar-refractivity contribution >= 4 is 15.2 Å². The number of benzene rings is 1. The smallest absolute Gasteiger partial charge is 0.131 e. The van der Waals surface area contributed by atoms with E-state index in [4.69, 9.17) is 0 Å². The van der Waals surface area contributed by atoms with Gasteiger partial charge in [0, 0.05) is 94.7 Å². The third-order valence-corrected chi connectivity index (χ3v) is 2.35. The summed E-state index contributed by atoms with van der Waals surface area (Å²) in [4.78, 5) is 0. The maximum atomic E-state index is 4.11. The molecule has 0 amide bonds. The fourth-order valence-electron chi connectivity index (χ4n) is 1.50. The van der Waals surface area contributed by atoms with Crippen molar-refractivity contribution in [1.82, 2.24) is 5.32 Å². The second-order valence-electron chi connectivity index (χ2n) is 2.81. The fraction of sp³-hybridized carbons (Fsp3) is 0.222. The third kappa shape index (κ3) is 3.70. The Morgan fingerprint density at radius 3 is 2.64 bits per heavy atom. The molecule has 0 aliphatic carbocycles. The van der Waals surface area contributed by atoms with Gasteiger partial charge in [0.2, 0.25) is 0 Å². The van der Waals surface area contributed by atoms with E-state index in [1.165, 1.54) is 11.1 Å². The summed E-state index contributed by atoms with van der Waals surface area (Å²) >= 11 is 0. The maximum Gasteiger partial charge on any atom is 0.131 e. The zero-order valence-corrected chi connectivity index (χ0v) is 16.5. The van der Waals surface area contributed by atoms with E-state index in [2.05, 4.69) is 37.7 Å². The van der Waals surface area contributed by atoms with Crippen LogP contribution in [0.4, 0.5) is 0 Å². The van der Waals surface area contributed by atoms with Crippen molar-refractivity contribution < 1.29 is 82.6 Å². The quantitative estimate of drug-likeness (QED) is 0.582. The van der Waals surface area contributed by atoms with Crippen LogP contribution in [0.2, 0.25) is 0 Å². The Bertz CT molecular complexity index is 328. The predicted octanol–water partition coefficient (Wildman–Crippen LogP) is 1.37. The van der Waals surface area contributed by atoms with Crippen LogP contribution in [-0.2, 0) is 6.42 Å². The van der Waals surface area contributed by atoms with E-state index in [0.717, 1.165) is 18.8 Å². The van der Waals surface area contributed by atoms with Crippen molar-refractivity contribution in [3.63, 3.8) is 0 Å². The number of hydrogen-bond acceptors (Lipinski definition) is 1. The third-order valence-electron chi connectivity index (χ3n) is 2.09. The van der Waals surface area contributed by atoms with Gasteiger partial charge < -0.3 is 5.32 Å². The summed E-state index contributed by atoms with van der Waals surface area (Å²) in [6.45, 7) is 0.990. The summed E-state index contributed by atoms with van der Waals surface area (Å²) in [5, 5.41) is 3.25. The van der Waals surface area contributed by atoms with Gasteiger partial charge in [-0.25, -0.2) is 0 Å². The van der Waals surface area contributed by atoms with Crippen molar-refractivity contribution in [3.05, 3.63) is 35.4 Å². The molecule has 1 N–H and O–H groups in total. The molecular weight excluding hydrogens is 449 g/mol. The first-order valence-electron chi connectivity index (χ1n) is 4.02. The molecule has 1 unspecified atom stereocenters. The standard InChI is InChI=1S/C9H11N2P.2Pr/c12-11-9-8-4-2-1-3-7(8)5-6-10-9;;/h1-4H,5-6,12H2,(H,10,11);;. The van der Waals surface area contributed by atoms with E-state index in [0.29, 0.717) is 0 Å². The molecule has 0 bridgehead atoms. The second kappa shape index (κ2) is 8.01. The van der Waals surface area contributed by atoms with E-state index < -0.39 is 0 Å². The van der Waals surface area contributed by atoms with E-state index in [1.54, 1.807) is 0 Å². The van der Waals surface area contributed by atoms with Gasteiger partial charge in [0.25, 0.3) is 0 Å². The molecule has 1 aromatic rings. The molecule has 1 aromatic carbocycles. The second-order valence-corrected chi connectivity index (χ2v) is 3.07. The summed E-state index contributed by atoms with van der Waals surface area (Å²) in [6.07, 6.45) is 1.10. The van der Waals surface area contributed by atoms with E-state index in [1.807, 2.05) is 6.07 Å². The average Bonchev–Trinajstić information content (AvgIpc) is 2.17. The van der Waals surface area contributed by atoms with Gasteiger partial charge in [-0.15, -0.1) is 0 Å². The van der Waals surface area contributed by atoms with Gasteiger partial charge in [-0.2, -0.15) is 0 Å². The number of amidine groups is 1. The van der Waals surface area contributed by atoms with E-state index in [9.17, 15) is 0 Å². The van der Waals surface area contributed by atoms with E-state index >= 15 is 0 Å². The topological polar surface area (TPSA) is 24.4 Å². The Labute approximate surface area is 153 Å². The van der Waals surface area contributed by atoms with Crippen molar-refractivity contribution in [2.24, 2.45) is 4.76 Å². The van der Waals surface area contributed by atoms with Crippen LogP contribution >= 0.6 is 9.39 Å². The molecule has 0 spiro atoms. The van der Waals surface area contributed by atoms with Crippen LogP contribution in [-0.4, -0.2) is 12.4 Å². The Kier molecular flexibility index (Phi) is 9.07. The maximum absolute atomic E-state index is 4.11. The SMILES string of the molecule is P/N=C1\NCCc2ccccc21.[Pr].[Pr]. The van der Waals surface area contributed by atoms with E-state index in [-0.39, 0.29) is 82.6 Å². The zero-order valence-electron chi connectivity index (χ0n) is 7.90. The molecule has 1 atom stereocenters. The monoisotopic (exact) mass is 460 g/mol. The minimum Gasteiger partial charge on any atom is -0.369 e. The van der Waals surface area contributed by atoms with Gasteiger partial charge in [0.1, 0.15) is 5.84 Å². The number of rotatable bonds is 0. The van der Waals surface area contributed by atoms with Crippen LogP contribution in [0.1, 0.15) is 11.1 Å². The van der Waals surface area contributed by atoms with Crippen molar-refractivity contribution in [1.29, 1.82) is 0 Å². The van der Waals surface area contributed by atoms with Gasteiger partial charge in [-0.05, 0) is 21.4 Å². The minimum absolute atomic E-state index is 0. The molecule has 5 heteroatoms. The van der Waals surface area contributed by atoms with Crippen molar-refractivity contribution in [2.45, 2.75) is 6.42 Å². The number of fused-ring (bicyclic) bond motifs is 1. The molecule has 1 aliphatic heterocycles. The summed E-state index contributed by atoms with van der Waals surface area (Å²) in [5.41, 5.74) is 2.62. The molecule has 1 heterocycles. The number of nitrogens with one attached hydrogen (secondary N) is 1. The van der Waals surface area contributed by atoms with Crippen LogP contribution in [0, 0.1) is 82.6 Å². The first-order chi connectivity index (χ1) is 5.92. The van der Waals surface area contributed by atoms with Gasteiger partial charge in [0.15, 0.2) is 0 Å². The Morgan fingerprint density at radius 1 is 1.21 bits per heavy atom. The first kappa shape index (κ1) is 15.8. The molecule has 68 valence electrons. The Morgan fingerprint density at radius 2 is 1.93 bits per heavy atom. The molecule has 2 nitrogen and oxygen atoms in total. The van der Waals surface area contributed by atoms with Crippen LogP contribution < -0.4 is 5.32 Å². The number of hydrogen-bond donors (Lipinski definition) is 1. The van der Waals surface area contributed by atoms with Crippen LogP contribution in [0.25, 0.3) is 0 Å². The van der Waals surface area contributed by atoms with Crippen LogP contribution in [0.3, 0.4) is 0 Å². The summed E-state index contributed by atoms with van der Waals surface area (Å²) < 4.78 is 4.11. The zero-order chi connectivity index (χ0) is 8.39. The average molecular weight is 460 g/mol. The minimum atomic E-state index is 0. The van der Waals surface area contributed by atoms with Crippen LogP contribution in [0.15, 0.2) is 29.0 Å². The van der Waals surface area contributed by atoms with Crippen molar-refractivity contribution in [3.8, 4) is 0 Å². The molecule has 0 fully saturated rings. The van der Waals surface area contributed by atoms with Crippen molar-refractivity contribution in [2.75, 3.05) is 6.54 Å². The normalized spacial score (nSPS) is 15.9. The molecule has 1 aliphatic rings. The Hall–Kier alpha value is 1.85. The van der Waals surface area contributed by atoms with Gasteiger partial charge in [0.05, 0.1) is 0 Å². The molecule has 2 radical (unpaired) electrons. The van der Waals surface area contributed by atoms with Gasteiger partial charge >= 0.3 is 0 Å². The predicted molar refractivity (Wildman–Crippen MR) is 54.4 cm³/mol. The largest absolute Gasteiger partial charge is 0.369 e. The molecule has 0 saturated heterocycles. The fourth-order valence-corrected chi connectivity index (χ4v) is 1.73. The molecule has 14 heavy (non-hydrogen) atoms. The molecule has 0 saturated carbocycles. The van der Waals surface area contributed by atoms with Gasteiger partial charge in [-0.1, -0.05) is 24.3 Å². The summed E-state index contributed by atoms with van der Waals surface area (Å²) in [5.74, 6) is 0.988. The Balaban J connectivity index is 0.000000845. The van der Waals surface area contributed by atoms with Gasteiger partial charge in [-0.3, -0.25) is 4.76 Å². The summed E-state index contributed by atoms with van der Waals surface area (Å²) in [6, 6.07) is 8.38. The molecular formula is C9H11N2PPr2. The van der Waals surface area contributed by atoms with Crippen LogP contribution in [0.5, 0.6) is 0 Å². The summed E-state index contributed by atoms with van der Waals surface area (Å²) in [7, 11) is 2.39. The first-order valence-corrected chi connectivity index (χ1v) is 4.53. The number of nitrogens with zero attached hydrogens (tertiary/aromatic N) is 1.